The van der Waals surface area contributed by atoms with Crippen molar-refractivity contribution in [3.8, 4) is 0 Å². The van der Waals surface area contributed by atoms with E-state index >= 15 is 0 Å². The van der Waals surface area contributed by atoms with Gasteiger partial charge in [0.1, 0.15) is 6.17 Å². The van der Waals surface area contributed by atoms with Crippen LogP contribution in [-0.2, 0) is 0 Å². The number of benzene rings is 3. The quantitative estimate of drug-likeness (QED) is 0.263. The van der Waals surface area contributed by atoms with Gasteiger partial charge in [-0.05, 0) is 111 Å². The zero-order valence-corrected chi connectivity index (χ0v) is 24.9. The summed E-state index contributed by atoms with van der Waals surface area (Å²) in [5.41, 5.74) is 9.04. The average Bonchev–Trinajstić information content (AvgIpc) is 2.97. The van der Waals surface area contributed by atoms with E-state index in [2.05, 4.69) is 51.1 Å². The van der Waals surface area contributed by atoms with Crippen molar-refractivity contribution in [2.75, 3.05) is 13.1 Å². The molecule has 40 heavy (non-hydrogen) atoms. The molecule has 3 aromatic rings. The average molecular weight is 539 g/mol. The van der Waals surface area contributed by atoms with E-state index in [1.807, 2.05) is 61.2 Å². The van der Waals surface area contributed by atoms with Gasteiger partial charge in [0.05, 0.1) is 5.69 Å². The highest BCUT2D eigenvalue weighted by atomic mass is 19.1. The third kappa shape index (κ3) is 6.60. The van der Waals surface area contributed by atoms with Crippen LogP contribution in [-0.4, -0.2) is 29.6 Å². The summed E-state index contributed by atoms with van der Waals surface area (Å²) in [6.07, 6.45) is 3.97. The molecule has 1 fully saturated rings. The molecule has 1 heterocycles. The first-order valence-electron chi connectivity index (χ1n) is 14.7. The van der Waals surface area contributed by atoms with Gasteiger partial charge in [-0.15, -0.1) is 0 Å². The minimum Gasteiger partial charge on any atom is -0.339 e. The van der Waals surface area contributed by atoms with Gasteiger partial charge in [0.25, 0.3) is 5.91 Å². The minimum absolute atomic E-state index is 0.0873. The van der Waals surface area contributed by atoms with Crippen LogP contribution in [0.25, 0.3) is 5.57 Å². The topological polar surface area (TPSA) is 32.7 Å². The summed E-state index contributed by atoms with van der Waals surface area (Å²) >= 11 is 0. The molecular weight excluding hydrogens is 495 g/mol. The molecule has 0 aliphatic carbocycles. The molecule has 0 radical (unpaired) electrons. The van der Waals surface area contributed by atoms with Crippen molar-refractivity contribution in [1.82, 2.24) is 4.90 Å². The van der Waals surface area contributed by atoms with Crippen LogP contribution < -0.4 is 0 Å². The summed E-state index contributed by atoms with van der Waals surface area (Å²) in [6.45, 7) is 13.7. The van der Waals surface area contributed by atoms with E-state index in [0.717, 1.165) is 65.9 Å². The van der Waals surface area contributed by atoms with Crippen LogP contribution >= 0.6 is 0 Å². The summed E-state index contributed by atoms with van der Waals surface area (Å²) in [5, 5.41) is 0. The molecule has 3 aromatic carbocycles. The largest absolute Gasteiger partial charge is 0.339 e. The van der Waals surface area contributed by atoms with Crippen molar-refractivity contribution in [2.45, 2.75) is 67.0 Å². The molecular formula is C36H43FN2O. The molecule has 2 unspecified atom stereocenters. The number of allylic oxidation sites excluding steroid dienone is 1. The predicted octanol–water partition coefficient (Wildman–Crippen LogP) is 9.46. The van der Waals surface area contributed by atoms with Crippen molar-refractivity contribution in [1.29, 1.82) is 0 Å². The van der Waals surface area contributed by atoms with Crippen LogP contribution in [0, 0.1) is 25.7 Å². The molecule has 1 aliphatic rings. The molecule has 210 valence electrons. The number of halogens is 1. The summed E-state index contributed by atoms with van der Waals surface area (Å²) < 4.78 is 14.0. The van der Waals surface area contributed by atoms with Crippen LogP contribution in [0.1, 0.15) is 91.3 Å². The predicted molar refractivity (Wildman–Crippen MR) is 166 cm³/mol. The Kier molecular flexibility index (Phi) is 9.73. The molecule has 1 saturated heterocycles. The van der Waals surface area contributed by atoms with Gasteiger partial charge < -0.3 is 4.90 Å². The fourth-order valence-electron chi connectivity index (χ4n) is 5.73. The maximum Gasteiger partial charge on any atom is 0.253 e. The van der Waals surface area contributed by atoms with Crippen LogP contribution in [0.4, 0.5) is 10.1 Å². The zero-order chi connectivity index (χ0) is 28.8. The minimum atomic E-state index is -1.02. The fourth-order valence-corrected chi connectivity index (χ4v) is 5.73. The SMILES string of the molecule is C/C=C(/c1cccc(C(C)F)c1)c1ccc(C(=O)N2CCC(C(=Nc3ccccc3C)C(C)CC)CC2)cc1C. The Labute approximate surface area is 239 Å². The molecule has 0 bridgehead atoms. The van der Waals surface area contributed by atoms with Gasteiger partial charge in [-0.1, -0.05) is 62.4 Å². The molecule has 4 heteroatoms. The normalized spacial score (nSPS) is 16.6. The second kappa shape index (κ2) is 13.2. The Morgan fingerprint density at radius 1 is 0.975 bits per heavy atom. The third-order valence-electron chi connectivity index (χ3n) is 8.39. The Bertz CT molecular complexity index is 1400. The molecule has 0 N–H and O–H groups in total. The molecule has 1 aliphatic heterocycles. The Morgan fingerprint density at radius 2 is 1.70 bits per heavy atom. The van der Waals surface area contributed by atoms with Gasteiger partial charge in [0.15, 0.2) is 0 Å². The fraction of sp³-hybridized carbons (Fsp3) is 0.389. The lowest BCUT2D eigenvalue weighted by Crippen LogP contribution is -2.41. The van der Waals surface area contributed by atoms with E-state index in [9.17, 15) is 9.18 Å². The number of carbonyl (C=O) groups is 1. The van der Waals surface area contributed by atoms with Crippen molar-refractivity contribution in [3.63, 3.8) is 0 Å². The Morgan fingerprint density at radius 3 is 2.33 bits per heavy atom. The first-order valence-corrected chi connectivity index (χ1v) is 14.7. The van der Waals surface area contributed by atoms with E-state index < -0.39 is 6.17 Å². The summed E-state index contributed by atoms with van der Waals surface area (Å²) in [5.74, 6) is 0.892. The van der Waals surface area contributed by atoms with E-state index in [1.54, 1.807) is 6.92 Å². The number of aliphatic imine (C=N–C) groups is 1. The second-order valence-corrected chi connectivity index (χ2v) is 11.2. The monoisotopic (exact) mass is 538 g/mol. The maximum atomic E-state index is 14.0. The van der Waals surface area contributed by atoms with Crippen LogP contribution in [0.5, 0.6) is 0 Å². The van der Waals surface area contributed by atoms with E-state index in [1.165, 1.54) is 11.3 Å². The zero-order valence-electron chi connectivity index (χ0n) is 24.9. The number of amides is 1. The van der Waals surface area contributed by atoms with Gasteiger partial charge in [-0.3, -0.25) is 9.79 Å². The Balaban J connectivity index is 1.49. The molecule has 3 nitrogen and oxygen atoms in total. The molecule has 4 rings (SSSR count). The molecule has 2 atom stereocenters. The first kappa shape index (κ1) is 29.5. The third-order valence-corrected chi connectivity index (χ3v) is 8.39. The lowest BCUT2D eigenvalue weighted by Gasteiger charge is -2.34. The number of aryl methyl sites for hydroxylation is 2. The highest BCUT2D eigenvalue weighted by molar-refractivity contribution is 5.96. The van der Waals surface area contributed by atoms with Gasteiger partial charge in [0, 0.05) is 30.3 Å². The van der Waals surface area contributed by atoms with Crippen LogP contribution in [0.2, 0.25) is 0 Å². The maximum absolute atomic E-state index is 14.0. The number of hydrogen-bond acceptors (Lipinski definition) is 2. The van der Waals surface area contributed by atoms with Crippen LogP contribution in [0.15, 0.2) is 77.8 Å². The summed E-state index contributed by atoms with van der Waals surface area (Å²) in [4.78, 5) is 20.7. The number of carbonyl (C=O) groups excluding carboxylic acids is 1. The summed E-state index contributed by atoms with van der Waals surface area (Å²) in [6, 6.07) is 21.9. The number of piperidine rings is 1. The number of likely N-dealkylation sites (tertiary alicyclic amines) is 1. The second-order valence-electron chi connectivity index (χ2n) is 11.2. The number of nitrogens with zero attached hydrogens (tertiary/aromatic N) is 2. The van der Waals surface area contributed by atoms with Gasteiger partial charge in [-0.2, -0.15) is 0 Å². The van der Waals surface area contributed by atoms with E-state index in [-0.39, 0.29) is 5.91 Å². The number of hydrogen-bond donors (Lipinski definition) is 0. The van der Waals surface area contributed by atoms with Crippen molar-refractivity contribution < 1.29 is 9.18 Å². The smallest absolute Gasteiger partial charge is 0.253 e. The molecule has 0 saturated carbocycles. The van der Waals surface area contributed by atoms with Gasteiger partial charge >= 0.3 is 0 Å². The van der Waals surface area contributed by atoms with E-state index in [4.69, 9.17) is 4.99 Å². The Hall–Kier alpha value is -3.53. The van der Waals surface area contributed by atoms with Crippen LogP contribution in [0.3, 0.4) is 0 Å². The molecule has 0 spiro atoms. The molecule has 1 amide bonds. The highest BCUT2D eigenvalue weighted by Gasteiger charge is 2.29. The van der Waals surface area contributed by atoms with Gasteiger partial charge in [-0.25, -0.2) is 4.39 Å². The van der Waals surface area contributed by atoms with Crippen molar-refractivity contribution in [2.24, 2.45) is 16.8 Å². The number of para-hydroxylation sites is 1. The standard InChI is InChI=1S/C36H43FN2O/c1-7-24(3)35(38-34-15-10-9-12-25(34)4)28-18-20-39(21-19-28)36(40)31-16-17-33(26(5)22-31)32(8-2)30-14-11-13-29(23-30)27(6)37/h8-17,22-24,27-28H,7,18-21H2,1-6H3/b32-8-,38-35?. The lowest BCUT2D eigenvalue weighted by molar-refractivity contribution is 0.0709. The van der Waals surface area contributed by atoms with Crippen molar-refractivity contribution in [3.05, 3.63) is 106 Å². The lowest BCUT2D eigenvalue weighted by atomic mass is 9.84. The molecule has 0 aromatic heterocycles. The summed E-state index contributed by atoms with van der Waals surface area (Å²) in [7, 11) is 0. The number of alkyl halides is 1. The highest BCUT2D eigenvalue weighted by Crippen LogP contribution is 2.31. The first-order chi connectivity index (χ1) is 19.2. The van der Waals surface area contributed by atoms with Gasteiger partial charge in [0.2, 0.25) is 0 Å². The van der Waals surface area contributed by atoms with Crippen molar-refractivity contribution >= 4 is 22.9 Å². The van der Waals surface area contributed by atoms with E-state index in [0.29, 0.717) is 17.4 Å². The number of rotatable bonds is 8.